The lowest BCUT2D eigenvalue weighted by Crippen LogP contribution is -2.18. The number of aryl methyl sites for hydroxylation is 1. The lowest BCUT2D eigenvalue weighted by molar-refractivity contribution is 0.199. The first-order chi connectivity index (χ1) is 14.1. The summed E-state index contributed by atoms with van der Waals surface area (Å²) in [4.78, 5) is 9.25. The van der Waals surface area contributed by atoms with Crippen molar-refractivity contribution in [1.82, 2.24) is 9.97 Å². The van der Waals surface area contributed by atoms with Crippen molar-refractivity contribution >= 4 is 22.4 Å². The zero-order valence-corrected chi connectivity index (χ0v) is 18.1. The van der Waals surface area contributed by atoms with Gasteiger partial charge in [0.2, 0.25) is 0 Å². The number of nitrogens with zero attached hydrogens (tertiary/aromatic N) is 2. The van der Waals surface area contributed by atoms with E-state index in [-0.39, 0.29) is 0 Å². The summed E-state index contributed by atoms with van der Waals surface area (Å²) < 4.78 is 6.23. The van der Waals surface area contributed by atoms with Crippen molar-refractivity contribution in [2.75, 3.05) is 0 Å². The zero-order valence-electron chi connectivity index (χ0n) is 17.3. The Morgan fingerprint density at radius 3 is 2.90 bits per heavy atom. The van der Waals surface area contributed by atoms with Gasteiger partial charge >= 0.3 is 0 Å². The predicted molar refractivity (Wildman–Crippen MR) is 117 cm³/mol. The van der Waals surface area contributed by atoms with E-state index in [4.69, 9.17) is 9.40 Å². The SMILES string of the molecule is CCC1CC2CC(CCc3nc4cc(C(C)O)cc(-c5nccs5)c4o3)CC1C2. The summed E-state index contributed by atoms with van der Waals surface area (Å²) in [6.07, 6.45) is 10.4. The van der Waals surface area contributed by atoms with Crippen LogP contribution in [-0.4, -0.2) is 15.1 Å². The normalized spacial score (nSPS) is 27.6. The fourth-order valence-corrected chi connectivity index (χ4v) is 6.49. The van der Waals surface area contributed by atoms with Gasteiger partial charge in [-0.3, -0.25) is 0 Å². The van der Waals surface area contributed by atoms with Crippen molar-refractivity contribution in [1.29, 1.82) is 0 Å². The molecule has 0 radical (unpaired) electrons. The summed E-state index contributed by atoms with van der Waals surface area (Å²) in [6, 6.07) is 3.95. The first-order valence-electron chi connectivity index (χ1n) is 11.1. The van der Waals surface area contributed by atoms with E-state index in [0.29, 0.717) is 0 Å². The average Bonchev–Trinajstić information content (AvgIpc) is 3.44. The van der Waals surface area contributed by atoms with Gasteiger partial charge in [-0.05, 0) is 80.4 Å². The van der Waals surface area contributed by atoms with E-state index in [9.17, 15) is 5.11 Å². The molecule has 0 saturated heterocycles. The molecule has 2 fully saturated rings. The molecule has 2 bridgehead atoms. The van der Waals surface area contributed by atoms with Crippen LogP contribution in [0.1, 0.15) is 69.9 Å². The van der Waals surface area contributed by atoms with Crippen LogP contribution in [0.2, 0.25) is 0 Å². The highest BCUT2D eigenvalue weighted by molar-refractivity contribution is 7.13. The number of rotatable bonds is 6. The molecule has 154 valence electrons. The topological polar surface area (TPSA) is 59.2 Å². The van der Waals surface area contributed by atoms with Gasteiger partial charge in [-0.2, -0.15) is 0 Å². The standard InChI is InChI=1S/C24H30N2O2S/c1-3-17-10-16-8-15(9-19(17)11-16)4-5-22-26-21-13-18(14(2)27)12-20(23(21)28-22)24-25-6-7-29-24/h6-7,12-17,19,27H,3-5,8-11H2,1-2H3. The van der Waals surface area contributed by atoms with Gasteiger partial charge in [0.25, 0.3) is 0 Å². The zero-order chi connectivity index (χ0) is 20.0. The van der Waals surface area contributed by atoms with Crippen molar-refractivity contribution in [2.24, 2.45) is 23.7 Å². The maximum Gasteiger partial charge on any atom is 0.195 e. The third-order valence-corrected chi connectivity index (χ3v) is 8.04. The van der Waals surface area contributed by atoms with Crippen LogP contribution in [0.15, 0.2) is 28.1 Å². The number of thiazole rings is 1. The van der Waals surface area contributed by atoms with Crippen molar-refractivity contribution in [3.63, 3.8) is 0 Å². The number of aliphatic hydroxyl groups excluding tert-OH is 1. The Hall–Kier alpha value is -1.72. The molecule has 5 rings (SSSR count). The number of hydrogen-bond acceptors (Lipinski definition) is 5. The van der Waals surface area contributed by atoms with Crippen molar-refractivity contribution in [3.8, 4) is 10.6 Å². The highest BCUT2D eigenvalue weighted by Crippen LogP contribution is 2.50. The number of benzene rings is 1. The maximum atomic E-state index is 10.1. The Balaban J connectivity index is 1.37. The van der Waals surface area contributed by atoms with Crippen molar-refractivity contribution < 1.29 is 9.52 Å². The molecular formula is C24H30N2O2S. The van der Waals surface area contributed by atoms with Crippen LogP contribution >= 0.6 is 11.3 Å². The molecule has 2 aliphatic rings. The van der Waals surface area contributed by atoms with Crippen LogP contribution in [0.4, 0.5) is 0 Å². The Kier molecular flexibility index (Phi) is 5.21. The van der Waals surface area contributed by atoms with E-state index in [1.165, 1.54) is 38.5 Å². The Labute approximate surface area is 176 Å². The van der Waals surface area contributed by atoms with E-state index in [1.807, 2.05) is 17.5 Å². The average molecular weight is 411 g/mol. The Morgan fingerprint density at radius 2 is 2.14 bits per heavy atom. The highest BCUT2D eigenvalue weighted by Gasteiger charge is 2.39. The molecule has 3 aromatic rings. The minimum Gasteiger partial charge on any atom is -0.440 e. The van der Waals surface area contributed by atoms with Gasteiger partial charge in [0, 0.05) is 18.0 Å². The third kappa shape index (κ3) is 3.75. The maximum absolute atomic E-state index is 10.1. The second-order valence-corrected chi connectivity index (χ2v) is 10.1. The summed E-state index contributed by atoms with van der Waals surface area (Å²) in [5.41, 5.74) is 3.43. The molecule has 5 atom stereocenters. The molecule has 29 heavy (non-hydrogen) atoms. The summed E-state index contributed by atoms with van der Waals surface area (Å²) in [5, 5.41) is 13.0. The van der Waals surface area contributed by atoms with E-state index >= 15 is 0 Å². The lowest BCUT2D eigenvalue weighted by atomic mass is 9.77. The summed E-state index contributed by atoms with van der Waals surface area (Å²) in [7, 11) is 0. The first kappa shape index (κ1) is 19.3. The van der Waals surface area contributed by atoms with Crippen LogP contribution in [0.5, 0.6) is 0 Å². The van der Waals surface area contributed by atoms with Gasteiger partial charge in [0.1, 0.15) is 10.5 Å². The molecule has 0 aliphatic heterocycles. The van der Waals surface area contributed by atoms with Crippen molar-refractivity contribution in [3.05, 3.63) is 35.2 Å². The molecule has 0 spiro atoms. The lowest BCUT2D eigenvalue weighted by Gasteiger charge is -2.28. The Bertz CT molecular complexity index is 978. The molecule has 1 aromatic carbocycles. The van der Waals surface area contributed by atoms with Crippen molar-refractivity contribution in [2.45, 2.75) is 64.9 Å². The van der Waals surface area contributed by atoms with Crippen LogP contribution in [0.25, 0.3) is 21.7 Å². The third-order valence-electron chi connectivity index (χ3n) is 7.23. The van der Waals surface area contributed by atoms with E-state index in [0.717, 1.165) is 63.2 Å². The molecule has 2 saturated carbocycles. The summed E-state index contributed by atoms with van der Waals surface area (Å²) in [6.45, 7) is 4.15. The molecule has 2 heterocycles. The van der Waals surface area contributed by atoms with Gasteiger partial charge in [-0.15, -0.1) is 11.3 Å². The summed E-state index contributed by atoms with van der Waals surface area (Å²) in [5.74, 6) is 4.52. The molecule has 5 unspecified atom stereocenters. The molecule has 1 N–H and O–H groups in total. The monoisotopic (exact) mass is 410 g/mol. The second kappa shape index (κ2) is 7.84. The molecule has 5 heteroatoms. The van der Waals surface area contributed by atoms with Gasteiger partial charge < -0.3 is 9.52 Å². The van der Waals surface area contributed by atoms with Gasteiger partial charge in [0.15, 0.2) is 11.5 Å². The first-order valence-corrected chi connectivity index (χ1v) is 12.0. The fourth-order valence-electron chi connectivity index (χ4n) is 5.84. The number of hydrogen-bond donors (Lipinski definition) is 1. The molecule has 0 amide bonds. The molecule has 2 aliphatic carbocycles. The van der Waals surface area contributed by atoms with E-state index < -0.39 is 6.10 Å². The smallest absolute Gasteiger partial charge is 0.195 e. The van der Waals surface area contributed by atoms with Crippen LogP contribution in [0.3, 0.4) is 0 Å². The van der Waals surface area contributed by atoms with Crippen LogP contribution < -0.4 is 0 Å². The minimum atomic E-state index is -0.539. The second-order valence-electron chi connectivity index (χ2n) is 9.18. The quantitative estimate of drug-likeness (QED) is 0.511. The molecule has 2 aromatic heterocycles. The number of fused-ring (bicyclic) bond motifs is 3. The number of oxazole rings is 1. The van der Waals surface area contributed by atoms with Gasteiger partial charge in [-0.1, -0.05) is 13.3 Å². The van der Waals surface area contributed by atoms with Gasteiger partial charge in [-0.25, -0.2) is 9.97 Å². The predicted octanol–water partition coefficient (Wildman–Crippen LogP) is 6.40. The van der Waals surface area contributed by atoms with E-state index in [2.05, 4.69) is 11.9 Å². The van der Waals surface area contributed by atoms with E-state index in [1.54, 1.807) is 24.5 Å². The number of aliphatic hydroxyl groups is 1. The number of aromatic nitrogens is 2. The van der Waals surface area contributed by atoms with Crippen LogP contribution in [-0.2, 0) is 6.42 Å². The van der Waals surface area contributed by atoms with Gasteiger partial charge in [0.05, 0.1) is 11.7 Å². The van der Waals surface area contributed by atoms with Crippen LogP contribution in [0, 0.1) is 23.7 Å². The molecule has 4 nitrogen and oxygen atoms in total. The fraction of sp³-hybridized carbons (Fsp3) is 0.583. The Morgan fingerprint density at radius 1 is 1.24 bits per heavy atom. The minimum absolute atomic E-state index is 0.539. The largest absolute Gasteiger partial charge is 0.440 e. The highest BCUT2D eigenvalue weighted by atomic mass is 32.1. The summed E-state index contributed by atoms with van der Waals surface area (Å²) >= 11 is 1.59. The molecular weight excluding hydrogens is 380 g/mol.